The maximum Gasteiger partial charge on any atom is 0.220 e. The monoisotopic (exact) mass is 311 g/mol. The van der Waals surface area contributed by atoms with Crippen molar-refractivity contribution >= 4 is 27.8 Å². The maximum atomic E-state index is 4.91. The highest BCUT2D eigenvalue weighted by Crippen LogP contribution is 2.29. The van der Waals surface area contributed by atoms with E-state index in [4.69, 9.17) is 4.98 Å². The quantitative estimate of drug-likeness (QED) is 0.425. The van der Waals surface area contributed by atoms with Crippen molar-refractivity contribution in [3.05, 3.63) is 77.9 Å². The van der Waals surface area contributed by atoms with Crippen molar-refractivity contribution in [2.24, 2.45) is 0 Å². The molecule has 0 N–H and O–H groups in total. The van der Waals surface area contributed by atoms with Gasteiger partial charge in [-0.25, -0.2) is 4.98 Å². The highest BCUT2D eigenvalue weighted by Gasteiger charge is 2.16. The first-order chi connectivity index (χ1) is 11.7. The van der Waals surface area contributed by atoms with Crippen LogP contribution in [0.5, 0.6) is 0 Å². The van der Waals surface area contributed by atoms with Gasteiger partial charge in [-0.1, -0.05) is 30.3 Å². The standard InChI is InChI=1S/C21H17N3/c1-14-6-5-7-16(12-14)23-19-11-10-15(2)13-20(19)24-18-9-4-3-8-17(18)22-21(23)24/h3-13H,1-2H3. The number of imidazole rings is 2. The van der Waals surface area contributed by atoms with Crippen molar-refractivity contribution in [2.45, 2.75) is 13.8 Å². The number of nitrogens with zero attached hydrogens (tertiary/aromatic N) is 3. The average Bonchev–Trinajstić information content (AvgIpc) is 3.09. The number of benzene rings is 3. The lowest BCUT2D eigenvalue weighted by Crippen LogP contribution is -1.95. The Balaban J connectivity index is 2.04. The molecule has 3 nitrogen and oxygen atoms in total. The first-order valence-electron chi connectivity index (χ1n) is 8.18. The molecule has 116 valence electrons. The van der Waals surface area contributed by atoms with Crippen LogP contribution in [0.2, 0.25) is 0 Å². The number of para-hydroxylation sites is 2. The molecule has 2 heterocycles. The third kappa shape index (κ3) is 1.75. The van der Waals surface area contributed by atoms with Gasteiger partial charge in [-0.05, 0) is 61.4 Å². The van der Waals surface area contributed by atoms with Crippen molar-refractivity contribution in [3.63, 3.8) is 0 Å². The number of aromatic nitrogens is 3. The van der Waals surface area contributed by atoms with Gasteiger partial charge in [0.1, 0.15) is 0 Å². The van der Waals surface area contributed by atoms with Crippen molar-refractivity contribution in [1.29, 1.82) is 0 Å². The summed E-state index contributed by atoms with van der Waals surface area (Å²) in [6.07, 6.45) is 0. The van der Waals surface area contributed by atoms with E-state index in [0.717, 1.165) is 22.5 Å². The number of hydrogen-bond donors (Lipinski definition) is 0. The Hall–Kier alpha value is -3.07. The summed E-state index contributed by atoms with van der Waals surface area (Å²) in [6, 6.07) is 23.5. The maximum absolute atomic E-state index is 4.91. The molecular weight excluding hydrogens is 294 g/mol. The van der Waals surface area contributed by atoms with Crippen LogP contribution >= 0.6 is 0 Å². The van der Waals surface area contributed by atoms with E-state index in [1.54, 1.807) is 0 Å². The van der Waals surface area contributed by atoms with Gasteiger partial charge in [-0.15, -0.1) is 0 Å². The van der Waals surface area contributed by atoms with E-state index >= 15 is 0 Å². The van der Waals surface area contributed by atoms with Gasteiger partial charge in [-0.2, -0.15) is 0 Å². The summed E-state index contributed by atoms with van der Waals surface area (Å²) in [7, 11) is 0. The molecule has 0 atom stereocenters. The van der Waals surface area contributed by atoms with Crippen LogP contribution < -0.4 is 0 Å². The zero-order valence-corrected chi connectivity index (χ0v) is 13.7. The fourth-order valence-corrected chi connectivity index (χ4v) is 3.53. The summed E-state index contributed by atoms with van der Waals surface area (Å²) in [5.74, 6) is 0.961. The Morgan fingerprint density at radius 3 is 2.42 bits per heavy atom. The Morgan fingerprint density at radius 1 is 0.708 bits per heavy atom. The van der Waals surface area contributed by atoms with Crippen LogP contribution in [-0.4, -0.2) is 14.0 Å². The molecular formula is C21H17N3. The number of rotatable bonds is 1. The van der Waals surface area contributed by atoms with Crippen LogP contribution in [0.3, 0.4) is 0 Å². The second-order valence-corrected chi connectivity index (χ2v) is 6.40. The number of aryl methyl sites for hydroxylation is 2. The minimum absolute atomic E-state index is 0.961. The molecule has 0 bridgehead atoms. The summed E-state index contributed by atoms with van der Waals surface area (Å²) in [5.41, 5.74) is 8.19. The lowest BCUT2D eigenvalue weighted by atomic mass is 10.2. The van der Waals surface area contributed by atoms with E-state index in [1.165, 1.54) is 22.2 Å². The first-order valence-corrected chi connectivity index (χ1v) is 8.18. The molecule has 5 rings (SSSR count). The molecule has 24 heavy (non-hydrogen) atoms. The van der Waals surface area contributed by atoms with Crippen molar-refractivity contribution < 1.29 is 0 Å². The highest BCUT2D eigenvalue weighted by molar-refractivity contribution is 5.92. The predicted octanol–water partition coefficient (Wildman–Crippen LogP) is 5.05. The molecule has 0 saturated carbocycles. The molecule has 0 unspecified atom stereocenters. The second-order valence-electron chi connectivity index (χ2n) is 6.40. The summed E-state index contributed by atoms with van der Waals surface area (Å²) in [5, 5.41) is 0. The van der Waals surface area contributed by atoms with Crippen LogP contribution in [0.1, 0.15) is 11.1 Å². The Morgan fingerprint density at radius 2 is 1.54 bits per heavy atom. The lowest BCUT2D eigenvalue weighted by molar-refractivity contribution is 1.10. The molecule has 0 fully saturated rings. The molecule has 5 aromatic rings. The Labute approximate surface area is 139 Å². The minimum atomic E-state index is 0.961. The molecule has 0 aliphatic carbocycles. The summed E-state index contributed by atoms with van der Waals surface area (Å²) in [4.78, 5) is 4.91. The third-order valence-corrected chi connectivity index (χ3v) is 4.62. The fraction of sp³-hybridized carbons (Fsp3) is 0.0952. The van der Waals surface area contributed by atoms with Gasteiger partial charge in [-0.3, -0.25) is 8.97 Å². The highest BCUT2D eigenvalue weighted by atomic mass is 15.2. The van der Waals surface area contributed by atoms with E-state index in [2.05, 4.69) is 83.5 Å². The lowest BCUT2D eigenvalue weighted by Gasteiger charge is -2.06. The van der Waals surface area contributed by atoms with Crippen LogP contribution in [-0.2, 0) is 0 Å². The Kier molecular flexibility index (Phi) is 2.63. The second kappa shape index (κ2) is 4.71. The number of fused-ring (bicyclic) bond motifs is 5. The number of hydrogen-bond acceptors (Lipinski definition) is 1. The van der Waals surface area contributed by atoms with Gasteiger partial charge in [0.05, 0.1) is 22.1 Å². The summed E-state index contributed by atoms with van der Waals surface area (Å²) >= 11 is 0. The van der Waals surface area contributed by atoms with E-state index < -0.39 is 0 Å². The first kappa shape index (κ1) is 13.4. The molecule has 0 saturated heterocycles. The van der Waals surface area contributed by atoms with Gasteiger partial charge in [0.25, 0.3) is 0 Å². The molecule has 0 aliphatic heterocycles. The molecule has 0 amide bonds. The SMILES string of the molecule is Cc1cccc(-n2c3ccc(C)cc3n3c4ccccc4nc23)c1. The van der Waals surface area contributed by atoms with Gasteiger partial charge in [0.15, 0.2) is 0 Å². The molecule has 0 spiro atoms. The molecule has 0 radical (unpaired) electrons. The van der Waals surface area contributed by atoms with Crippen molar-refractivity contribution in [3.8, 4) is 5.69 Å². The van der Waals surface area contributed by atoms with Crippen molar-refractivity contribution in [2.75, 3.05) is 0 Å². The van der Waals surface area contributed by atoms with Crippen molar-refractivity contribution in [1.82, 2.24) is 14.0 Å². The molecule has 3 heteroatoms. The molecule has 0 aliphatic rings. The third-order valence-electron chi connectivity index (χ3n) is 4.62. The largest absolute Gasteiger partial charge is 0.278 e. The van der Waals surface area contributed by atoms with E-state index in [1.807, 2.05) is 6.07 Å². The molecule has 3 aromatic carbocycles. The topological polar surface area (TPSA) is 22.2 Å². The summed E-state index contributed by atoms with van der Waals surface area (Å²) < 4.78 is 4.52. The van der Waals surface area contributed by atoms with E-state index in [0.29, 0.717) is 0 Å². The van der Waals surface area contributed by atoms with Gasteiger partial charge < -0.3 is 0 Å². The van der Waals surface area contributed by atoms with Gasteiger partial charge >= 0.3 is 0 Å². The van der Waals surface area contributed by atoms with Crippen LogP contribution in [0.15, 0.2) is 66.7 Å². The normalized spacial score (nSPS) is 11.8. The fourth-order valence-electron chi connectivity index (χ4n) is 3.53. The van der Waals surface area contributed by atoms with Crippen LogP contribution in [0, 0.1) is 13.8 Å². The molecule has 2 aromatic heterocycles. The predicted molar refractivity (Wildman–Crippen MR) is 99.0 cm³/mol. The zero-order chi connectivity index (χ0) is 16.3. The van der Waals surface area contributed by atoms with E-state index in [9.17, 15) is 0 Å². The van der Waals surface area contributed by atoms with E-state index in [-0.39, 0.29) is 0 Å². The smallest absolute Gasteiger partial charge is 0.220 e. The Bertz CT molecular complexity index is 1220. The van der Waals surface area contributed by atoms with Gasteiger partial charge in [0, 0.05) is 5.69 Å². The average molecular weight is 311 g/mol. The van der Waals surface area contributed by atoms with Crippen LogP contribution in [0.4, 0.5) is 0 Å². The zero-order valence-electron chi connectivity index (χ0n) is 13.7. The summed E-state index contributed by atoms with van der Waals surface area (Å²) in [6.45, 7) is 4.26. The van der Waals surface area contributed by atoms with Gasteiger partial charge in [0.2, 0.25) is 5.78 Å². The van der Waals surface area contributed by atoms with Crippen LogP contribution in [0.25, 0.3) is 33.5 Å². The minimum Gasteiger partial charge on any atom is -0.278 e.